The molecule has 5 nitrogen and oxygen atoms in total. The monoisotopic (exact) mass is 335 g/mol. The maximum Gasteiger partial charge on any atom is 0.236 e. The van der Waals surface area contributed by atoms with Gasteiger partial charge in [-0.1, -0.05) is 13.8 Å². The van der Waals surface area contributed by atoms with Crippen molar-refractivity contribution in [3.8, 4) is 0 Å². The minimum absolute atomic E-state index is 0.259. The van der Waals surface area contributed by atoms with Crippen LogP contribution in [0.3, 0.4) is 0 Å². The van der Waals surface area contributed by atoms with Crippen LogP contribution in [0.4, 0.5) is 5.69 Å². The second kappa shape index (κ2) is 6.49. The molecule has 1 aromatic heterocycles. The van der Waals surface area contributed by atoms with Gasteiger partial charge >= 0.3 is 0 Å². The van der Waals surface area contributed by atoms with Gasteiger partial charge in [-0.2, -0.15) is 0 Å². The molecule has 7 heteroatoms. The van der Waals surface area contributed by atoms with Crippen LogP contribution in [0, 0.1) is 0 Å². The van der Waals surface area contributed by atoms with Crippen molar-refractivity contribution in [1.82, 2.24) is 10.3 Å². The molecule has 0 aliphatic rings. The van der Waals surface area contributed by atoms with Crippen LogP contribution >= 0.6 is 15.9 Å². The fraction of sp³-hybridized carbons (Fsp3) is 0.545. The first-order valence-corrected chi connectivity index (χ1v) is 8.01. The molecule has 0 saturated carbocycles. The summed E-state index contributed by atoms with van der Waals surface area (Å²) < 4.78 is 27.3. The van der Waals surface area contributed by atoms with E-state index in [4.69, 9.17) is 0 Å². The van der Waals surface area contributed by atoms with Gasteiger partial charge in [-0.05, 0) is 28.9 Å². The summed E-state index contributed by atoms with van der Waals surface area (Å²) in [6.07, 6.45) is 3.08. The Balaban J connectivity index is 2.69. The summed E-state index contributed by atoms with van der Waals surface area (Å²) in [6.45, 7) is 6.04. The summed E-state index contributed by atoms with van der Waals surface area (Å²) in [5.41, 5.74) is 0.459. The van der Waals surface area contributed by atoms with Gasteiger partial charge in [-0.25, -0.2) is 8.42 Å². The van der Waals surface area contributed by atoms with Crippen LogP contribution in [-0.4, -0.2) is 31.2 Å². The number of sulfonamides is 1. The van der Waals surface area contributed by atoms with E-state index in [-0.39, 0.29) is 6.04 Å². The summed E-state index contributed by atoms with van der Waals surface area (Å²) in [7, 11) is -3.40. The predicted octanol–water partition coefficient (Wildman–Crippen LogP) is 1.97. The highest BCUT2D eigenvalue weighted by Gasteiger charge is 2.20. The Morgan fingerprint density at radius 2 is 2.00 bits per heavy atom. The third-order valence-electron chi connectivity index (χ3n) is 2.31. The highest BCUT2D eigenvalue weighted by Crippen LogP contribution is 2.16. The van der Waals surface area contributed by atoms with Gasteiger partial charge in [0.05, 0.1) is 17.1 Å². The van der Waals surface area contributed by atoms with Crippen LogP contribution in [0.25, 0.3) is 0 Å². The molecule has 1 aromatic rings. The van der Waals surface area contributed by atoms with Gasteiger partial charge < -0.3 is 5.32 Å². The maximum atomic E-state index is 12.0. The van der Waals surface area contributed by atoms with Gasteiger partial charge in [0.2, 0.25) is 10.0 Å². The Morgan fingerprint density at radius 3 is 2.56 bits per heavy atom. The molecular weight excluding hydrogens is 318 g/mol. The number of halogens is 1. The molecule has 0 amide bonds. The third kappa shape index (κ3) is 4.91. The van der Waals surface area contributed by atoms with Crippen LogP contribution in [0.1, 0.15) is 20.8 Å². The lowest BCUT2D eigenvalue weighted by Crippen LogP contribution is -2.37. The Labute approximate surface area is 117 Å². The van der Waals surface area contributed by atoms with Crippen molar-refractivity contribution >= 4 is 31.6 Å². The molecule has 0 aliphatic carbocycles. The van der Waals surface area contributed by atoms with E-state index in [0.29, 0.717) is 12.2 Å². The number of hydrogen-bond donors (Lipinski definition) is 2. The van der Waals surface area contributed by atoms with Crippen molar-refractivity contribution < 1.29 is 8.42 Å². The van der Waals surface area contributed by atoms with Crippen molar-refractivity contribution in [1.29, 1.82) is 0 Å². The zero-order chi connectivity index (χ0) is 13.8. The molecule has 1 unspecified atom stereocenters. The van der Waals surface area contributed by atoms with E-state index in [1.54, 1.807) is 19.2 Å². The minimum atomic E-state index is -3.40. The quantitative estimate of drug-likeness (QED) is 0.833. The van der Waals surface area contributed by atoms with Gasteiger partial charge in [-0.15, -0.1) is 0 Å². The van der Waals surface area contributed by atoms with Crippen molar-refractivity contribution in [2.75, 3.05) is 11.3 Å². The van der Waals surface area contributed by atoms with Crippen molar-refractivity contribution in [3.63, 3.8) is 0 Å². The molecule has 2 N–H and O–H groups in total. The van der Waals surface area contributed by atoms with Crippen molar-refractivity contribution in [3.05, 3.63) is 22.9 Å². The standard InChI is InChI=1S/C11H18BrN3O2S/c1-8(2)14-5-9(3)18(16,17)15-11-4-10(12)6-13-7-11/h4,6-9,14-15H,5H2,1-3H3. The van der Waals surface area contributed by atoms with Gasteiger partial charge in [0.15, 0.2) is 0 Å². The Morgan fingerprint density at radius 1 is 1.33 bits per heavy atom. The van der Waals surface area contributed by atoms with E-state index >= 15 is 0 Å². The fourth-order valence-corrected chi connectivity index (χ4v) is 2.57. The number of nitrogens with one attached hydrogen (secondary N) is 2. The molecule has 18 heavy (non-hydrogen) atoms. The second-order valence-electron chi connectivity index (χ2n) is 4.41. The van der Waals surface area contributed by atoms with E-state index in [1.165, 1.54) is 6.20 Å². The highest BCUT2D eigenvalue weighted by atomic mass is 79.9. The molecule has 1 rings (SSSR count). The first kappa shape index (κ1) is 15.4. The topological polar surface area (TPSA) is 71.1 Å². The predicted molar refractivity (Wildman–Crippen MR) is 77.1 cm³/mol. The molecule has 0 bridgehead atoms. The molecule has 0 aliphatic heterocycles. The zero-order valence-electron chi connectivity index (χ0n) is 10.6. The molecule has 0 aromatic carbocycles. The summed E-state index contributed by atoms with van der Waals surface area (Å²) in [4.78, 5) is 3.91. The number of nitrogens with zero attached hydrogens (tertiary/aromatic N) is 1. The number of hydrogen-bond acceptors (Lipinski definition) is 4. The molecular formula is C11H18BrN3O2S. The average Bonchev–Trinajstić information content (AvgIpc) is 2.25. The van der Waals surface area contributed by atoms with Crippen LogP contribution in [-0.2, 0) is 10.0 Å². The van der Waals surface area contributed by atoms with Crippen molar-refractivity contribution in [2.45, 2.75) is 32.1 Å². The lowest BCUT2D eigenvalue weighted by Gasteiger charge is -2.16. The van der Waals surface area contributed by atoms with Crippen molar-refractivity contribution in [2.24, 2.45) is 0 Å². The van der Waals surface area contributed by atoms with E-state index in [0.717, 1.165) is 4.47 Å². The maximum absolute atomic E-state index is 12.0. The first-order chi connectivity index (χ1) is 8.31. The lowest BCUT2D eigenvalue weighted by atomic mass is 10.3. The molecule has 0 spiro atoms. The number of pyridine rings is 1. The smallest absolute Gasteiger partial charge is 0.236 e. The largest absolute Gasteiger partial charge is 0.313 e. The Kier molecular flexibility index (Phi) is 5.55. The summed E-state index contributed by atoms with van der Waals surface area (Å²) >= 11 is 3.25. The molecule has 1 atom stereocenters. The average molecular weight is 336 g/mol. The van der Waals surface area contributed by atoms with E-state index < -0.39 is 15.3 Å². The molecule has 1 heterocycles. The molecule has 102 valence electrons. The van der Waals surface area contributed by atoms with Gasteiger partial charge in [0.1, 0.15) is 0 Å². The molecule has 0 saturated heterocycles. The first-order valence-electron chi connectivity index (χ1n) is 5.67. The number of anilines is 1. The third-order valence-corrected chi connectivity index (χ3v) is 4.49. The summed E-state index contributed by atoms with van der Waals surface area (Å²) in [6, 6.07) is 1.93. The van der Waals surface area contributed by atoms with Crippen LogP contribution in [0.2, 0.25) is 0 Å². The van der Waals surface area contributed by atoms with Crippen LogP contribution in [0.5, 0.6) is 0 Å². The van der Waals surface area contributed by atoms with Crippen LogP contribution < -0.4 is 10.0 Å². The van der Waals surface area contributed by atoms with Crippen LogP contribution in [0.15, 0.2) is 22.9 Å². The van der Waals surface area contributed by atoms with E-state index in [9.17, 15) is 8.42 Å². The van der Waals surface area contributed by atoms with Gasteiger partial charge in [0, 0.05) is 23.3 Å². The Hall–Kier alpha value is -0.660. The SMILES string of the molecule is CC(C)NCC(C)S(=O)(=O)Nc1cncc(Br)c1. The number of aromatic nitrogens is 1. The summed E-state index contributed by atoms with van der Waals surface area (Å²) in [5, 5.41) is 2.59. The normalized spacial score (nSPS) is 13.6. The second-order valence-corrected chi connectivity index (χ2v) is 7.43. The number of rotatable bonds is 6. The van der Waals surface area contributed by atoms with Gasteiger partial charge in [0.25, 0.3) is 0 Å². The zero-order valence-corrected chi connectivity index (χ0v) is 13.0. The highest BCUT2D eigenvalue weighted by molar-refractivity contribution is 9.10. The van der Waals surface area contributed by atoms with E-state index in [2.05, 4.69) is 31.0 Å². The molecule has 0 fully saturated rings. The fourth-order valence-electron chi connectivity index (χ4n) is 1.24. The Bertz CT molecular complexity index is 491. The minimum Gasteiger partial charge on any atom is -0.313 e. The molecule has 0 radical (unpaired) electrons. The van der Waals surface area contributed by atoms with E-state index in [1.807, 2.05) is 13.8 Å². The lowest BCUT2D eigenvalue weighted by molar-refractivity contribution is 0.553. The van der Waals surface area contributed by atoms with Gasteiger partial charge in [-0.3, -0.25) is 9.71 Å². The summed E-state index contributed by atoms with van der Waals surface area (Å²) in [5.74, 6) is 0.